The topological polar surface area (TPSA) is 0 Å². The highest BCUT2D eigenvalue weighted by atomic mass is 19.1. The lowest BCUT2D eigenvalue weighted by atomic mass is 9.68. The van der Waals surface area contributed by atoms with Crippen LogP contribution in [0.2, 0.25) is 0 Å². The molecular weight excluding hydrogens is 989 g/mol. The van der Waals surface area contributed by atoms with Crippen molar-refractivity contribution >= 4 is 0 Å². The van der Waals surface area contributed by atoms with E-state index in [2.05, 4.69) is 27.7 Å². The Morgan fingerprint density at radius 3 is 0.450 bits per heavy atom. The van der Waals surface area contributed by atoms with E-state index >= 15 is 0 Å². The van der Waals surface area contributed by atoms with E-state index in [4.69, 9.17) is 0 Å². The first-order valence-corrected chi connectivity index (χ1v) is 33.9. The first-order valence-electron chi connectivity index (χ1n) is 33.9. The third-order valence-electron chi connectivity index (χ3n) is 23.4. The fourth-order valence-electron chi connectivity index (χ4n) is 17.7. The zero-order valence-electron chi connectivity index (χ0n) is 50.6. The van der Waals surface area contributed by atoms with E-state index in [9.17, 15) is 17.6 Å². The minimum atomic E-state index is -0.112. The summed E-state index contributed by atoms with van der Waals surface area (Å²) in [5.74, 6) is 14.0. The monoisotopic (exact) mass is 1100 g/mol. The van der Waals surface area contributed by atoms with E-state index in [1.54, 1.807) is 48.5 Å². The van der Waals surface area contributed by atoms with Crippen molar-refractivity contribution in [3.8, 4) is 0 Å². The number of halogens is 4. The Bertz CT molecular complexity index is 1960. The Kier molecular flexibility index (Phi) is 23.7. The van der Waals surface area contributed by atoms with Crippen molar-refractivity contribution in [2.75, 3.05) is 0 Å². The largest absolute Gasteiger partial charge is 0.207 e. The molecule has 12 rings (SSSR count). The maximum absolute atomic E-state index is 13.0. The maximum Gasteiger partial charge on any atom is 0.123 e. The molecule has 0 amide bonds. The Hall–Kier alpha value is -3.40. The van der Waals surface area contributed by atoms with Crippen molar-refractivity contribution in [2.45, 2.75) is 257 Å². The molecule has 8 aliphatic carbocycles. The van der Waals surface area contributed by atoms with Gasteiger partial charge in [-0.1, -0.05) is 128 Å². The van der Waals surface area contributed by atoms with E-state index in [1.807, 2.05) is 48.5 Å². The average Bonchev–Trinajstić information content (AvgIpc) is 3.50. The van der Waals surface area contributed by atoms with Gasteiger partial charge in [0.1, 0.15) is 23.3 Å². The van der Waals surface area contributed by atoms with Crippen molar-refractivity contribution in [1.82, 2.24) is 0 Å². The minimum absolute atomic E-state index is 0.112. The highest BCUT2D eigenvalue weighted by Crippen LogP contribution is 2.48. The third-order valence-corrected chi connectivity index (χ3v) is 23.4. The van der Waals surface area contributed by atoms with Crippen molar-refractivity contribution in [3.63, 3.8) is 0 Å². The van der Waals surface area contributed by atoms with E-state index < -0.39 is 0 Å². The first kappa shape index (κ1) is 61.2. The number of benzene rings is 4. The predicted octanol–water partition coefficient (Wildman–Crippen LogP) is 23.7. The zero-order chi connectivity index (χ0) is 55.8. The molecule has 4 aromatic carbocycles. The van der Waals surface area contributed by atoms with Gasteiger partial charge in [0.2, 0.25) is 0 Å². The van der Waals surface area contributed by atoms with Crippen molar-refractivity contribution in [1.29, 1.82) is 0 Å². The molecular formula is C76H108F4. The number of hydrogen-bond donors (Lipinski definition) is 0. The van der Waals surface area contributed by atoms with Crippen LogP contribution < -0.4 is 0 Å². The van der Waals surface area contributed by atoms with E-state index in [-0.39, 0.29) is 23.3 Å². The van der Waals surface area contributed by atoms with Crippen LogP contribution in [0.5, 0.6) is 0 Å². The summed E-state index contributed by atoms with van der Waals surface area (Å²) in [5.41, 5.74) is 5.40. The molecule has 0 nitrogen and oxygen atoms in total. The Morgan fingerprint density at radius 1 is 0.188 bits per heavy atom. The summed E-state index contributed by atoms with van der Waals surface area (Å²) in [7, 11) is 0. The normalized spacial score (nSPS) is 34.9. The van der Waals surface area contributed by atoms with Crippen LogP contribution in [0, 0.1) is 94.3 Å². The molecule has 0 aromatic heterocycles. The molecule has 0 bridgehead atoms. The fourth-order valence-corrected chi connectivity index (χ4v) is 17.7. The molecule has 0 N–H and O–H groups in total. The summed E-state index contributed by atoms with van der Waals surface area (Å²) in [6.45, 7) is 9.62. The van der Waals surface area contributed by atoms with Crippen LogP contribution in [-0.2, 0) is 0 Å². The molecule has 0 atom stereocenters. The van der Waals surface area contributed by atoms with Gasteiger partial charge in [-0.05, 0) is 320 Å². The highest BCUT2D eigenvalue weighted by Gasteiger charge is 2.34. The van der Waals surface area contributed by atoms with Crippen molar-refractivity contribution in [3.05, 3.63) is 143 Å². The summed E-state index contributed by atoms with van der Waals surface area (Å²) in [4.78, 5) is 0. The third kappa shape index (κ3) is 18.3. The SMILES string of the molecule is CC1CCC(C2CCC(c3ccc(F)cc3)CC2)CC1.CC1CCC(C2CCC(c3ccc(F)cc3)CC2)CC1.CC1CCC(C2CCC(c3ccc(F)cc3)CC2)CC1.CC1CCC(C2CCC(c3ccc(F)cc3)CC2)CC1. The molecule has 0 saturated heterocycles. The highest BCUT2D eigenvalue weighted by molar-refractivity contribution is 5.24. The standard InChI is InChI=1S/4C19H27F/c4*1-14-2-4-15(5-3-14)16-6-8-17(9-7-16)18-10-12-19(20)13-11-18/h4*10-17H,2-9H2,1H3. The van der Waals surface area contributed by atoms with E-state index in [0.717, 1.165) is 71.0 Å². The Balaban J connectivity index is 0.000000129. The summed E-state index contributed by atoms with van der Waals surface area (Å²) < 4.78 is 52.0. The van der Waals surface area contributed by atoms with Gasteiger partial charge in [0.05, 0.1) is 0 Å². The van der Waals surface area contributed by atoms with Gasteiger partial charge in [-0.3, -0.25) is 0 Å². The van der Waals surface area contributed by atoms with E-state index in [1.165, 1.54) is 228 Å². The fraction of sp³-hybridized carbons (Fsp3) is 0.684. The van der Waals surface area contributed by atoms with Gasteiger partial charge in [0.25, 0.3) is 0 Å². The number of hydrogen-bond acceptors (Lipinski definition) is 0. The smallest absolute Gasteiger partial charge is 0.123 e. The van der Waals surface area contributed by atoms with Gasteiger partial charge in [0.15, 0.2) is 0 Å². The maximum atomic E-state index is 13.0. The predicted molar refractivity (Wildman–Crippen MR) is 329 cm³/mol. The van der Waals surface area contributed by atoms with Crippen LogP contribution in [-0.4, -0.2) is 0 Å². The van der Waals surface area contributed by atoms with Crippen LogP contribution >= 0.6 is 0 Å². The Morgan fingerprint density at radius 2 is 0.312 bits per heavy atom. The second kappa shape index (κ2) is 30.9. The summed E-state index contributed by atoms with van der Waals surface area (Å²) >= 11 is 0. The van der Waals surface area contributed by atoms with Gasteiger partial charge in [-0.25, -0.2) is 17.6 Å². The molecule has 0 radical (unpaired) electrons. The Labute approximate surface area is 485 Å². The molecule has 0 unspecified atom stereocenters. The average molecular weight is 1100 g/mol. The van der Waals surface area contributed by atoms with E-state index in [0.29, 0.717) is 23.7 Å². The number of rotatable bonds is 8. The summed E-state index contributed by atoms with van der Waals surface area (Å²) in [5, 5.41) is 0. The van der Waals surface area contributed by atoms with Gasteiger partial charge < -0.3 is 0 Å². The molecule has 8 aliphatic rings. The zero-order valence-corrected chi connectivity index (χ0v) is 50.6. The molecule has 4 aromatic rings. The molecule has 8 saturated carbocycles. The van der Waals surface area contributed by atoms with Crippen LogP contribution in [0.1, 0.15) is 279 Å². The van der Waals surface area contributed by atoms with Gasteiger partial charge in [-0.2, -0.15) is 0 Å². The van der Waals surface area contributed by atoms with Crippen LogP contribution in [0.15, 0.2) is 97.1 Å². The molecule has 440 valence electrons. The molecule has 8 fully saturated rings. The van der Waals surface area contributed by atoms with Gasteiger partial charge >= 0.3 is 0 Å². The molecule has 0 spiro atoms. The summed E-state index contributed by atoms with van der Waals surface area (Å²) in [6.07, 6.45) is 44.9. The lowest BCUT2D eigenvalue weighted by molar-refractivity contribution is 0.165. The summed E-state index contributed by atoms with van der Waals surface area (Å²) in [6, 6.07) is 28.8. The van der Waals surface area contributed by atoms with Crippen molar-refractivity contribution < 1.29 is 17.6 Å². The minimum Gasteiger partial charge on any atom is -0.207 e. The van der Waals surface area contributed by atoms with Crippen molar-refractivity contribution in [2.24, 2.45) is 71.0 Å². The lowest BCUT2D eigenvalue weighted by Crippen LogP contribution is -2.24. The quantitative estimate of drug-likeness (QED) is 0.154. The second-order valence-corrected chi connectivity index (χ2v) is 28.7. The molecule has 0 aliphatic heterocycles. The van der Waals surface area contributed by atoms with Gasteiger partial charge in [-0.15, -0.1) is 0 Å². The second-order valence-electron chi connectivity index (χ2n) is 28.7. The van der Waals surface area contributed by atoms with Gasteiger partial charge in [0, 0.05) is 0 Å². The lowest BCUT2D eigenvalue weighted by Gasteiger charge is -2.37. The molecule has 4 heteroatoms. The van der Waals surface area contributed by atoms with Crippen LogP contribution in [0.4, 0.5) is 17.6 Å². The molecule has 0 heterocycles. The first-order chi connectivity index (χ1) is 38.9. The van der Waals surface area contributed by atoms with Crippen LogP contribution in [0.25, 0.3) is 0 Å². The molecule has 80 heavy (non-hydrogen) atoms. The van der Waals surface area contributed by atoms with Crippen LogP contribution in [0.3, 0.4) is 0 Å².